The number of carbonyl (C=O) groups is 1. The standard InChI is InChI=1S/C8H8Br2N2O2S/c9-4-1-14-2-5(4)12-8(13)6-7(10)15-3-11-6/h3-5H,1-2H2,(H,12,13). The van der Waals surface area contributed by atoms with E-state index in [2.05, 4.69) is 42.2 Å². The number of rotatable bonds is 2. The number of alkyl halides is 1. The molecule has 1 amide bonds. The van der Waals surface area contributed by atoms with Gasteiger partial charge in [-0.15, -0.1) is 11.3 Å². The molecule has 2 atom stereocenters. The third-order valence-corrected chi connectivity index (χ3v) is 4.52. The molecule has 1 saturated heterocycles. The topological polar surface area (TPSA) is 51.2 Å². The highest BCUT2D eigenvalue weighted by Crippen LogP contribution is 2.21. The molecule has 0 aromatic carbocycles. The lowest BCUT2D eigenvalue weighted by Gasteiger charge is -2.13. The lowest BCUT2D eigenvalue weighted by Crippen LogP contribution is -2.40. The Morgan fingerprint density at radius 1 is 1.67 bits per heavy atom. The zero-order chi connectivity index (χ0) is 10.8. The Morgan fingerprint density at radius 3 is 3.00 bits per heavy atom. The van der Waals surface area contributed by atoms with Crippen molar-refractivity contribution >= 4 is 49.1 Å². The van der Waals surface area contributed by atoms with Crippen molar-refractivity contribution in [1.29, 1.82) is 0 Å². The van der Waals surface area contributed by atoms with Gasteiger partial charge in [-0.3, -0.25) is 4.79 Å². The molecule has 0 bridgehead atoms. The molecule has 1 fully saturated rings. The van der Waals surface area contributed by atoms with Crippen molar-refractivity contribution in [2.75, 3.05) is 13.2 Å². The van der Waals surface area contributed by atoms with Gasteiger partial charge < -0.3 is 10.1 Å². The molecule has 0 spiro atoms. The minimum Gasteiger partial charge on any atom is -0.378 e. The highest BCUT2D eigenvalue weighted by Gasteiger charge is 2.28. The molecule has 1 aliphatic heterocycles. The molecular formula is C8H8Br2N2O2S. The van der Waals surface area contributed by atoms with E-state index in [0.29, 0.717) is 18.9 Å². The maximum absolute atomic E-state index is 11.8. The van der Waals surface area contributed by atoms with E-state index in [1.54, 1.807) is 5.51 Å². The number of carbonyl (C=O) groups excluding carboxylic acids is 1. The predicted octanol–water partition coefficient (Wildman–Crippen LogP) is 1.80. The molecular weight excluding hydrogens is 348 g/mol. The van der Waals surface area contributed by atoms with Crippen molar-refractivity contribution in [1.82, 2.24) is 10.3 Å². The fraction of sp³-hybridized carbons (Fsp3) is 0.500. The number of aromatic nitrogens is 1. The normalized spacial score (nSPS) is 25.5. The Morgan fingerprint density at radius 2 is 2.47 bits per heavy atom. The number of hydrogen-bond acceptors (Lipinski definition) is 4. The summed E-state index contributed by atoms with van der Waals surface area (Å²) in [5.41, 5.74) is 2.07. The van der Waals surface area contributed by atoms with Crippen molar-refractivity contribution in [3.05, 3.63) is 15.0 Å². The number of halogens is 2. The molecule has 2 heterocycles. The van der Waals surface area contributed by atoms with Crippen LogP contribution in [0.5, 0.6) is 0 Å². The Hall–Kier alpha value is 0.0200. The van der Waals surface area contributed by atoms with Crippen LogP contribution in [0.3, 0.4) is 0 Å². The second-order valence-corrected chi connectivity index (χ2v) is 6.46. The summed E-state index contributed by atoms with van der Waals surface area (Å²) in [4.78, 5) is 15.9. The number of hydrogen-bond donors (Lipinski definition) is 1. The molecule has 1 aromatic heterocycles. The van der Waals surface area contributed by atoms with Crippen molar-refractivity contribution in [3.63, 3.8) is 0 Å². The monoisotopic (exact) mass is 354 g/mol. The van der Waals surface area contributed by atoms with Crippen LogP contribution in [-0.2, 0) is 4.74 Å². The Labute approximate surface area is 108 Å². The first-order chi connectivity index (χ1) is 7.18. The molecule has 4 nitrogen and oxygen atoms in total. The summed E-state index contributed by atoms with van der Waals surface area (Å²) >= 11 is 8.12. The molecule has 15 heavy (non-hydrogen) atoms. The highest BCUT2D eigenvalue weighted by molar-refractivity contribution is 9.11. The number of nitrogens with one attached hydrogen (secondary N) is 1. The van der Waals surface area contributed by atoms with Gasteiger partial charge in [0.1, 0.15) is 3.79 Å². The summed E-state index contributed by atoms with van der Waals surface area (Å²) in [6.45, 7) is 1.17. The molecule has 1 aliphatic rings. The van der Waals surface area contributed by atoms with E-state index in [1.165, 1.54) is 11.3 Å². The Kier molecular flexibility index (Phi) is 3.76. The summed E-state index contributed by atoms with van der Waals surface area (Å²) < 4.78 is 5.98. The van der Waals surface area contributed by atoms with Crippen LogP contribution < -0.4 is 5.32 Å². The van der Waals surface area contributed by atoms with Crippen LogP contribution >= 0.6 is 43.2 Å². The molecule has 2 rings (SSSR count). The fourth-order valence-corrected chi connectivity index (χ4v) is 2.79. The first-order valence-corrected chi connectivity index (χ1v) is 6.89. The average Bonchev–Trinajstić information content (AvgIpc) is 2.76. The largest absolute Gasteiger partial charge is 0.378 e. The lowest BCUT2D eigenvalue weighted by atomic mass is 10.2. The van der Waals surface area contributed by atoms with Crippen LogP contribution in [0.4, 0.5) is 0 Å². The average molecular weight is 356 g/mol. The van der Waals surface area contributed by atoms with Gasteiger partial charge in [0.05, 0.1) is 29.6 Å². The molecule has 1 N–H and O–H groups in total. The van der Waals surface area contributed by atoms with Crippen molar-refractivity contribution < 1.29 is 9.53 Å². The summed E-state index contributed by atoms with van der Waals surface area (Å²) in [6.07, 6.45) is 0. The van der Waals surface area contributed by atoms with Gasteiger partial charge in [-0.05, 0) is 15.9 Å². The summed E-state index contributed by atoms with van der Waals surface area (Å²) in [5, 5.41) is 2.88. The van der Waals surface area contributed by atoms with E-state index in [-0.39, 0.29) is 16.8 Å². The number of nitrogens with zero attached hydrogens (tertiary/aromatic N) is 1. The van der Waals surface area contributed by atoms with Crippen molar-refractivity contribution in [3.8, 4) is 0 Å². The minimum absolute atomic E-state index is 0.0195. The van der Waals surface area contributed by atoms with Crippen molar-refractivity contribution in [2.45, 2.75) is 10.9 Å². The zero-order valence-corrected chi connectivity index (χ0v) is 11.6. The maximum Gasteiger partial charge on any atom is 0.272 e. The van der Waals surface area contributed by atoms with Crippen LogP contribution in [0, 0.1) is 0 Å². The predicted molar refractivity (Wildman–Crippen MR) is 64.6 cm³/mol. The number of ether oxygens (including phenoxy) is 1. The molecule has 82 valence electrons. The molecule has 1 aromatic rings. The fourth-order valence-electron chi connectivity index (χ4n) is 1.28. The second-order valence-electron chi connectivity index (χ2n) is 3.11. The SMILES string of the molecule is O=C(NC1COCC1Br)c1ncsc1Br. The van der Waals surface area contributed by atoms with Crippen molar-refractivity contribution in [2.24, 2.45) is 0 Å². The van der Waals surface area contributed by atoms with Crippen LogP contribution in [0.1, 0.15) is 10.5 Å². The summed E-state index contributed by atoms with van der Waals surface area (Å²) in [7, 11) is 0. The highest BCUT2D eigenvalue weighted by atomic mass is 79.9. The molecule has 0 saturated carbocycles. The Bertz CT molecular complexity index is 371. The third kappa shape index (κ3) is 2.58. The van der Waals surface area contributed by atoms with Crippen LogP contribution in [0.25, 0.3) is 0 Å². The van der Waals surface area contributed by atoms with Gasteiger partial charge in [-0.25, -0.2) is 4.98 Å². The lowest BCUT2D eigenvalue weighted by molar-refractivity contribution is 0.0925. The first kappa shape index (κ1) is 11.5. The van der Waals surface area contributed by atoms with E-state index in [0.717, 1.165) is 3.79 Å². The zero-order valence-electron chi connectivity index (χ0n) is 7.57. The smallest absolute Gasteiger partial charge is 0.272 e. The van der Waals surface area contributed by atoms with Crippen LogP contribution in [0.15, 0.2) is 9.30 Å². The third-order valence-electron chi connectivity index (χ3n) is 2.07. The molecule has 0 radical (unpaired) electrons. The van der Waals surface area contributed by atoms with Gasteiger partial charge in [-0.1, -0.05) is 15.9 Å². The summed E-state index contributed by atoms with van der Waals surface area (Å²) in [5.74, 6) is -0.164. The van der Waals surface area contributed by atoms with Crippen LogP contribution in [-0.4, -0.2) is 35.0 Å². The van der Waals surface area contributed by atoms with E-state index >= 15 is 0 Å². The van der Waals surface area contributed by atoms with Gasteiger partial charge in [0.15, 0.2) is 5.69 Å². The van der Waals surface area contributed by atoms with E-state index in [4.69, 9.17) is 4.74 Å². The van der Waals surface area contributed by atoms with Gasteiger partial charge >= 0.3 is 0 Å². The van der Waals surface area contributed by atoms with Gasteiger partial charge in [0.25, 0.3) is 5.91 Å². The van der Waals surface area contributed by atoms with Gasteiger partial charge in [0.2, 0.25) is 0 Å². The van der Waals surface area contributed by atoms with E-state index in [1.807, 2.05) is 0 Å². The minimum atomic E-state index is -0.164. The molecule has 2 unspecified atom stereocenters. The van der Waals surface area contributed by atoms with Crippen LogP contribution in [0.2, 0.25) is 0 Å². The van der Waals surface area contributed by atoms with Gasteiger partial charge in [-0.2, -0.15) is 0 Å². The maximum atomic E-state index is 11.8. The Balaban J connectivity index is 2.01. The second kappa shape index (κ2) is 4.90. The molecule has 0 aliphatic carbocycles. The summed E-state index contributed by atoms with van der Waals surface area (Å²) in [6, 6.07) is 0.0195. The quantitative estimate of drug-likeness (QED) is 0.823. The van der Waals surface area contributed by atoms with E-state index < -0.39 is 0 Å². The van der Waals surface area contributed by atoms with Gasteiger partial charge in [0, 0.05) is 0 Å². The first-order valence-electron chi connectivity index (χ1n) is 4.30. The molecule has 7 heteroatoms. The number of thiazole rings is 1. The number of amides is 1. The van der Waals surface area contributed by atoms with E-state index in [9.17, 15) is 4.79 Å².